The molecule has 0 saturated heterocycles. The third-order valence-electron chi connectivity index (χ3n) is 1.70. The lowest BCUT2D eigenvalue weighted by Crippen LogP contribution is -2.07. The van der Waals surface area contributed by atoms with E-state index in [1.54, 1.807) is 0 Å². The molecule has 0 aromatic carbocycles. The van der Waals surface area contributed by atoms with Gasteiger partial charge in [0.15, 0.2) is 0 Å². The zero-order valence-electron chi connectivity index (χ0n) is 7.00. The first kappa shape index (κ1) is 8.91. The first-order chi connectivity index (χ1) is 5.29. The van der Waals surface area contributed by atoms with E-state index in [0.717, 1.165) is 12.2 Å². The average molecular weight is 174 g/mol. The van der Waals surface area contributed by atoms with Crippen molar-refractivity contribution in [3.8, 4) is 0 Å². The summed E-state index contributed by atoms with van der Waals surface area (Å²) < 4.78 is 4.89. The van der Waals surface area contributed by atoms with Crippen molar-refractivity contribution in [1.29, 1.82) is 0 Å². The first-order valence-electron chi connectivity index (χ1n) is 4.07. The number of thioether (sulfide) groups is 1. The summed E-state index contributed by atoms with van der Waals surface area (Å²) in [6.45, 7) is 4.48. The monoisotopic (exact) mass is 174 g/mol. The molecule has 1 aliphatic carbocycles. The molecule has 0 bridgehead atoms. The normalized spacial score (nSPS) is 28.2. The van der Waals surface area contributed by atoms with Crippen LogP contribution in [0.1, 0.15) is 20.3 Å². The van der Waals surface area contributed by atoms with Gasteiger partial charge in [-0.2, -0.15) is 11.8 Å². The Morgan fingerprint density at radius 1 is 1.64 bits per heavy atom. The van der Waals surface area contributed by atoms with E-state index >= 15 is 0 Å². The Labute approximate surface area is 71.7 Å². The number of hydrogen-bond donors (Lipinski definition) is 0. The summed E-state index contributed by atoms with van der Waals surface area (Å²) in [4.78, 5) is 11.1. The summed E-state index contributed by atoms with van der Waals surface area (Å²) in [6, 6.07) is 0. The van der Waals surface area contributed by atoms with Crippen LogP contribution < -0.4 is 0 Å². The third-order valence-corrected chi connectivity index (χ3v) is 2.98. The predicted octanol–water partition coefficient (Wildman–Crippen LogP) is 1.69. The Balaban J connectivity index is 2.15. The molecule has 1 saturated carbocycles. The van der Waals surface area contributed by atoms with Gasteiger partial charge in [-0.1, -0.05) is 6.92 Å². The lowest BCUT2D eigenvalue weighted by molar-refractivity contribution is -0.144. The Hall–Kier alpha value is -0.180. The predicted molar refractivity (Wildman–Crippen MR) is 46.7 cm³/mol. The molecule has 1 aliphatic rings. The topological polar surface area (TPSA) is 26.3 Å². The molecule has 0 aromatic heterocycles. The van der Waals surface area contributed by atoms with Crippen molar-refractivity contribution in [2.75, 3.05) is 12.4 Å². The van der Waals surface area contributed by atoms with E-state index in [4.69, 9.17) is 4.74 Å². The van der Waals surface area contributed by atoms with E-state index in [0.29, 0.717) is 11.9 Å². The summed E-state index contributed by atoms with van der Waals surface area (Å²) in [6.07, 6.45) is 1.03. The standard InChI is InChI=1S/C8H14O2S/c1-3-10-8(9)6-5-7(6)11-4-2/h6-7H,3-5H2,1-2H3/t6-,7-/m1/s1. The highest BCUT2D eigenvalue weighted by molar-refractivity contribution is 8.00. The van der Waals surface area contributed by atoms with Gasteiger partial charge in [0.2, 0.25) is 0 Å². The summed E-state index contributed by atoms with van der Waals surface area (Å²) in [5.41, 5.74) is 0. The van der Waals surface area contributed by atoms with Gasteiger partial charge in [-0.3, -0.25) is 4.79 Å². The Morgan fingerprint density at radius 2 is 2.36 bits per heavy atom. The molecule has 0 N–H and O–H groups in total. The van der Waals surface area contributed by atoms with E-state index in [1.807, 2.05) is 18.7 Å². The van der Waals surface area contributed by atoms with Crippen LogP contribution in [0.3, 0.4) is 0 Å². The Bertz CT molecular complexity index is 147. The third kappa shape index (κ3) is 2.40. The van der Waals surface area contributed by atoms with E-state index in [1.165, 1.54) is 0 Å². The SMILES string of the molecule is CCOC(=O)[C@@H]1C[C@H]1SCC. The molecule has 0 aliphatic heterocycles. The maximum Gasteiger partial charge on any atom is 0.310 e. The van der Waals surface area contributed by atoms with Crippen LogP contribution in [-0.4, -0.2) is 23.6 Å². The molecule has 2 atom stereocenters. The summed E-state index contributed by atoms with van der Waals surface area (Å²) in [5.74, 6) is 1.30. The smallest absolute Gasteiger partial charge is 0.310 e. The van der Waals surface area contributed by atoms with Gasteiger partial charge in [-0.05, 0) is 19.1 Å². The number of carbonyl (C=O) groups is 1. The van der Waals surface area contributed by atoms with Crippen molar-refractivity contribution in [2.24, 2.45) is 5.92 Å². The number of ether oxygens (including phenoxy) is 1. The van der Waals surface area contributed by atoms with Gasteiger partial charge in [-0.25, -0.2) is 0 Å². The van der Waals surface area contributed by atoms with Gasteiger partial charge in [0.1, 0.15) is 0 Å². The fraction of sp³-hybridized carbons (Fsp3) is 0.875. The van der Waals surface area contributed by atoms with Gasteiger partial charge in [0.25, 0.3) is 0 Å². The molecule has 11 heavy (non-hydrogen) atoms. The van der Waals surface area contributed by atoms with Gasteiger partial charge in [0, 0.05) is 5.25 Å². The van der Waals surface area contributed by atoms with Crippen LogP contribution >= 0.6 is 11.8 Å². The van der Waals surface area contributed by atoms with Crippen molar-refractivity contribution in [1.82, 2.24) is 0 Å². The summed E-state index contributed by atoms with van der Waals surface area (Å²) >= 11 is 1.86. The summed E-state index contributed by atoms with van der Waals surface area (Å²) in [5, 5.41) is 0.555. The van der Waals surface area contributed by atoms with Crippen LogP contribution in [0, 0.1) is 5.92 Å². The van der Waals surface area contributed by atoms with E-state index in [2.05, 4.69) is 6.92 Å². The maximum absolute atomic E-state index is 11.1. The van der Waals surface area contributed by atoms with Crippen LogP contribution in [0.2, 0.25) is 0 Å². The van der Waals surface area contributed by atoms with Gasteiger partial charge >= 0.3 is 5.97 Å². The fourth-order valence-corrected chi connectivity index (χ4v) is 2.18. The van der Waals surface area contributed by atoms with Crippen molar-refractivity contribution in [2.45, 2.75) is 25.5 Å². The molecule has 0 aromatic rings. The van der Waals surface area contributed by atoms with Crippen LogP contribution in [0.15, 0.2) is 0 Å². The van der Waals surface area contributed by atoms with Crippen molar-refractivity contribution >= 4 is 17.7 Å². The Kier molecular flexibility index (Phi) is 3.24. The highest BCUT2D eigenvalue weighted by atomic mass is 32.2. The molecule has 0 amide bonds. The second-order valence-electron chi connectivity index (χ2n) is 2.59. The first-order valence-corrected chi connectivity index (χ1v) is 5.12. The van der Waals surface area contributed by atoms with Gasteiger partial charge < -0.3 is 4.74 Å². The molecule has 2 nitrogen and oxygen atoms in total. The molecule has 1 fully saturated rings. The zero-order valence-corrected chi connectivity index (χ0v) is 7.82. The Morgan fingerprint density at radius 3 is 2.91 bits per heavy atom. The van der Waals surface area contributed by atoms with E-state index in [9.17, 15) is 4.79 Å². The zero-order chi connectivity index (χ0) is 8.27. The highest BCUT2D eigenvalue weighted by Crippen LogP contribution is 2.42. The van der Waals surface area contributed by atoms with Crippen LogP contribution in [0.5, 0.6) is 0 Å². The second kappa shape index (κ2) is 4.00. The highest BCUT2D eigenvalue weighted by Gasteiger charge is 2.43. The molecule has 64 valence electrons. The van der Waals surface area contributed by atoms with Crippen LogP contribution in [-0.2, 0) is 9.53 Å². The van der Waals surface area contributed by atoms with Crippen LogP contribution in [0.4, 0.5) is 0 Å². The molecular formula is C8H14O2S. The molecule has 3 heteroatoms. The largest absolute Gasteiger partial charge is 0.466 e. The number of esters is 1. The molecule has 0 unspecified atom stereocenters. The lowest BCUT2D eigenvalue weighted by atomic mass is 10.4. The maximum atomic E-state index is 11.1. The molecule has 0 radical (unpaired) electrons. The lowest BCUT2D eigenvalue weighted by Gasteiger charge is -1.98. The number of hydrogen-bond acceptors (Lipinski definition) is 3. The molecule has 0 heterocycles. The molecular weight excluding hydrogens is 160 g/mol. The average Bonchev–Trinajstić information content (AvgIpc) is 2.69. The minimum atomic E-state index is -0.00144. The van der Waals surface area contributed by atoms with Crippen molar-refractivity contribution in [3.05, 3.63) is 0 Å². The van der Waals surface area contributed by atoms with Gasteiger partial charge in [-0.15, -0.1) is 0 Å². The van der Waals surface area contributed by atoms with Crippen molar-refractivity contribution in [3.63, 3.8) is 0 Å². The number of carbonyl (C=O) groups excluding carboxylic acids is 1. The minimum Gasteiger partial charge on any atom is -0.466 e. The van der Waals surface area contributed by atoms with E-state index in [-0.39, 0.29) is 11.9 Å². The second-order valence-corrected chi connectivity index (χ2v) is 4.10. The number of rotatable bonds is 4. The minimum absolute atomic E-state index is 0.00144. The van der Waals surface area contributed by atoms with Crippen molar-refractivity contribution < 1.29 is 9.53 Å². The van der Waals surface area contributed by atoms with Crippen LogP contribution in [0.25, 0.3) is 0 Å². The van der Waals surface area contributed by atoms with Gasteiger partial charge in [0.05, 0.1) is 12.5 Å². The summed E-state index contributed by atoms with van der Waals surface area (Å²) in [7, 11) is 0. The fourth-order valence-electron chi connectivity index (χ4n) is 1.07. The quantitative estimate of drug-likeness (QED) is 0.607. The van der Waals surface area contributed by atoms with E-state index < -0.39 is 0 Å². The molecule has 1 rings (SSSR count). The molecule has 0 spiro atoms.